The molecule has 1 spiro atoms. The molecule has 3 aliphatic rings. The fraction of sp³-hybridized carbons (Fsp3) is 0.889. The first kappa shape index (κ1) is 17.7. The molecule has 3 rings (SSSR count). The number of carbonyl (C=O) groups is 2. The predicted molar refractivity (Wildman–Crippen MR) is 91.4 cm³/mol. The quantitative estimate of drug-likeness (QED) is 0.713. The summed E-state index contributed by atoms with van der Waals surface area (Å²) in [6, 6.07) is -0.775. The minimum atomic E-state index is -1.08. The number of nitrogens with one attached hydrogen (secondary N) is 2. The lowest BCUT2D eigenvalue weighted by atomic mass is 9.75. The molecular weight excluding hydrogens is 306 g/mol. The average Bonchev–Trinajstić information content (AvgIpc) is 2.60. The van der Waals surface area contributed by atoms with Crippen molar-refractivity contribution < 1.29 is 14.7 Å². The third-order valence-corrected chi connectivity index (χ3v) is 6.15. The summed E-state index contributed by atoms with van der Waals surface area (Å²) in [5, 5.41) is 17.3. The van der Waals surface area contributed by atoms with Gasteiger partial charge in [0.25, 0.3) is 0 Å². The summed E-state index contributed by atoms with van der Waals surface area (Å²) < 4.78 is 0. The lowest BCUT2D eigenvalue weighted by Crippen LogP contribution is -2.76. The zero-order valence-electron chi connectivity index (χ0n) is 14.8. The zero-order chi connectivity index (χ0) is 17.2. The summed E-state index contributed by atoms with van der Waals surface area (Å²) in [6.07, 6.45) is 7.29. The second-order valence-corrected chi connectivity index (χ2v) is 7.70. The predicted octanol–water partition coefficient (Wildman–Crippen LogP) is 0.931. The lowest BCUT2D eigenvalue weighted by Gasteiger charge is -2.53. The zero-order valence-corrected chi connectivity index (χ0v) is 14.8. The summed E-state index contributed by atoms with van der Waals surface area (Å²) in [7, 11) is 0. The van der Waals surface area contributed by atoms with Crippen LogP contribution in [-0.2, 0) is 9.59 Å². The van der Waals surface area contributed by atoms with Crippen molar-refractivity contribution in [3.63, 3.8) is 0 Å². The normalized spacial score (nSPS) is 29.6. The maximum Gasteiger partial charge on any atom is 0.249 e. The van der Waals surface area contributed by atoms with E-state index in [2.05, 4.69) is 17.6 Å². The smallest absolute Gasteiger partial charge is 0.249 e. The van der Waals surface area contributed by atoms with Gasteiger partial charge in [-0.05, 0) is 45.2 Å². The fourth-order valence-electron chi connectivity index (χ4n) is 4.61. The number of piperidine rings is 1. The highest BCUT2D eigenvalue weighted by Crippen LogP contribution is 2.37. The minimum Gasteiger partial charge on any atom is -0.387 e. The Morgan fingerprint density at radius 3 is 2.42 bits per heavy atom. The van der Waals surface area contributed by atoms with Crippen molar-refractivity contribution >= 4 is 11.8 Å². The van der Waals surface area contributed by atoms with Crippen LogP contribution in [0.4, 0.5) is 0 Å². The molecule has 0 radical (unpaired) electrons. The van der Waals surface area contributed by atoms with E-state index in [1.807, 2.05) is 4.90 Å². The van der Waals surface area contributed by atoms with Crippen LogP contribution < -0.4 is 10.6 Å². The molecule has 136 valence electrons. The standard InChI is InChI=1S/C18H31N3O3/c1-2-3-13-21-15(22)14(18(24)7-5-4-6-8-18)20-16(23)17(21)9-11-19-12-10-17/h14,19,24H,2-13H2,1H3,(H,20,23)/t14-/m0/s1. The second-order valence-electron chi connectivity index (χ2n) is 7.70. The van der Waals surface area contributed by atoms with Crippen LogP contribution in [0.15, 0.2) is 0 Å². The molecule has 0 aromatic heterocycles. The van der Waals surface area contributed by atoms with Crippen molar-refractivity contribution in [2.45, 2.75) is 81.9 Å². The van der Waals surface area contributed by atoms with Gasteiger partial charge < -0.3 is 20.6 Å². The molecule has 1 aliphatic carbocycles. The molecule has 0 unspecified atom stereocenters. The molecule has 3 N–H and O–H groups in total. The van der Waals surface area contributed by atoms with Crippen LogP contribution in [-0.4, -0.2) is 58.6 Å². The summed E-state index contributed by atoms with van der Waals surface area (Å²) in [4.78, 5) is 28.1. The molecule has 1 saturated carbocycles. The van der Waals surface area contributed by atoms with E-state index in [-0.39, 0.29) is 11.8 Å². The van der Waals surface area contributed by atoms with Crippen molar-refractivity contribution in [3.05, 3.63) is 0 Å². The Hall–Kier alpha value is -1.14. The van der Waals surface area contributed by atoms with Gasteiger partial charge in [0.15, 0.2) is 0 Å². The molecule has 2 saturated heterocycles. The van der Waals surface area contributed by atoms with Crippen molar-refractivity contribution in [3.8, 4) is 0 Å². The number of unbranched alkanes of at least 4 members (excludes halogenated alkanes) is 1. The Morgan fingerprint density at radius 1 is 1.12 bits per heavy atom. The third-order valence-electron chi connectivity index (χ3n) is 6.15. The fourth-order valence-corrected chi connectivity index (χ4v) is 4.61. The Bertz CT molecular complexity index is 482. The maximum absolute atomic E-state index is 13.3. The summed E-state index contributed by atoms with van der Waals surface area (Å²) in [5.74, 6) is -0.141. The maximum atomic E-state index is 13.3. The first-order valence-electron chi connectivity index (χ1n) is 9.59. The van der Waals surface area contributed by atoms with Gasteiger partial charge >= 0.3 is 0 Å². The molecule has 2 heterocycles. The average molecular weight is 337 g/mol. The highest BCUT2D eigenvalue weighted by atomic mass is 16.3. The molecule has 6 heteroatoms. The van der Waals surface area contributed by atoms with Gasteiger partial charge in [0, 0.05) is 6.54 Å². The van der Waals surface area contributed by atoms with Crippen LogP contribution in [0, 0.1) is 0 Å². The van der Waals surface area contributed by atoms with E-state index < -0.39 is 17.2 Å². The van der Waals surface area contributed by atoms with Crippen LogP contribution >= 0.6 is 0 Å². The van der Waals surface area contributed by atoms with Crippen LogP contribution in [0.1, 0.15) is 64.7 Å². The Morgan fingerprint density at radius 2 is 1.79 bits per heavy atom. The molecule has 0 aromatic rings. The molecule has 2 aliphatic heterocycles. The van der Waals surface area contributed by atoms with Crippen LogP contribution in [0.3, 0.4) is 0 Å². The monoisotopic (exact) mass is 337 g/mol. The number of hydrogen-bond acceptors (Lipinski definition) is 4. The summed E-state index contributed by atoms with van der Waals surface area (Å²) >= 11 is 0. The van der Waals surface area contributed by atoms with Crippen molar-refractivity contribution in [1.82, 2.24) is 15.5 Å². The third kappa shape index (κ3) is 2.94. The number of carbonyl (C=O) groups excluding carboxylic acids is 2. The Kier molecular flexibility index (Phi) is 5.16. The van der Waals surface area contributed by atoms with Gasteiger partial charge in [-0.3, -0.25) is 9.59 Å². The number of aliphatic hydroxyl groups is 1. The number of amides is 2. The number of hydrogen-bond donors (Lipinski definition) is 3. The molecule has 24 heavy (non-hydrogen) atoms. The van der Waals surface area contributed by atoms with E-state index in [9.17, 15) is 14.7 Å². The van der Waals surface area contributed by atoms with Crippen molar-refractivity contribution in [2.24, 2.45) is 0 Å². The number of rotatable bonds is 4. The lowest BCUT2D eigenvalue weighted by molar-refractivity contribution is -0.169. The highest BCUT2D eigenvalue weighted by Gasteiger charge is 2.57. The molecular formula is C18H31N3O3. The summed E-state index contributed by atoms with van der Waals surface area (Å²) in [5.41, 5.74) is -1.80. The van der Waals surface area contributed by atoms with E-state index >= 15 is 0 Å². The van der Waals surface area contributed by atoms with E-state index in [4.69, 9.17) is 0 Å². The van der Waals surface area contributed by atoms with E-state index in [1.165, 1.54) is 0 Å². The van der Waals surface area contributed by atoms with Gasteiger partial charge in [0.2, 0.25) is 11.8 Å². The van der Waals surface area contributed by atoms with E-state index in [0.29, 0.717) is 32.2 Å². The first-order chi connectivity index (χ1) is 11.5. The second kappa shape index (κ2) is 7.00. The van der Waals surface area contributed by atoms with Crippen LogP contribution in [0.2, 0.25) is 0 Å². The van der Waals surface area contributed by atoms with Gasteiger partial charge in [-0.25, -0.2) is 0 Å². The largest absolute Gasteiger partial charge is 0.387 e. The van der Waals surface area contributed by atoms with Gasteiger partial charge in [-0.15, -0.1) is 0 Å². The molecule has 0 bridgehead atoms. The topological polar surface area (TPSA) is 81.7 Å². The van der Waals surface area contributed by atoms with Crippen molar-refractivity contribution in [2.75, 3.05) is 19.6 Å². The van der Waals surface area contributed by atoms with Crippen molar-refractivity contribution in [1.29, 1.82) is 0 Å². The number of nitrogens with zero attached hydrogens (tertiary/aromatic N) is 1. The van der Waals surface area contributed by atoms with Gasteiger partial charge in [-0.1, -0.05) is 32.6 Å². The van der Waals surface area contributed by atoms with Crippen LogP contribution in [0.5, 0.6) is 0 Å². The number of piperazine rings is 1. The van der Waals surface area contributed by atoms with E-state index in [1.54, 1.807) is 0 Å². The van der Waals surface area contributed by atoms with Crippen LogP contribution in [0.25, 0.3) is 0 Å². The molecule has 6 nitrogen and oxygen atoms in total. The molecule has 2 amide bonds. The minimum absolute atomic E-state index is 0.0660. The Balaban J connectivity index is 1.88. The van der Waals surface area contributed by atoms with Gasteiger partial charge in [-0.2, -0.15) is 0 Å². The summed E-state index contributed by atoms with van der Waals surface area (Å²) in [6.45, 7) is 4.20. The molecule has 1 atom stereocenters. The van der Waals surface area contributed by atoms with E-state index in [0.717, 1.165) is 45.2 Å². The SMILES string of the molecule is CCCCN1C(=O)[C@@H](C2(O)CCCCC2)NC(=O)C12CCNCC2. The Labute approximate surface area is 144 Å². The van der Waals surface area contributed by atoms with Gasteiger partial charge in [0.05, 0.1) is 5.60 Å². The molecule has 3 fully saturated rings. The first-order valence-corrected chi connectivity index (χ1v) is 9.59. The highest BCUT2D eigenvalue weighted by molar-refractivity contribution is 6.00. The molecule has 0 aromatic carbocycles. The van der Waals surface area contributed by atoms with Gasteiger partial charge in [0.1, 0.15) is 11.6 Å².